The van der Waals surface area contributed by atoms with E-state index in [1.807, 2.05) is 4.68 Å². The quantitative estimate of drug-likeness (QED) is 0.891. The number of rotatable bonds is 5. The van der Waals surface area contributed by atoms with Crippen molar-refractivity contribution in [1.82, 2.24) is 25.0 Å². The molecule has 0 saturated carbocycles. The maximum atomic E-state index is 4.18. The zero-order chi connectivity index (χ0) is 14.5. The molecule has 0 radical (unpaired) electrons. The molecule has 0 spiro atoms. The van der Waals surface area contributed by atoms with Crippen molar-refractivity contribution in [1.29, 1.82) is 0 Å². The van der Waals surface area contributed by atoms with E-state index < -0.39 is 0 Å². The minimum absolute atomic E-state index is 0. The van der Waals surface area contributed by atoms with Crippen molar-refractivity contribution in [2.24, 2.45) is 0 Å². The van der Waals surface area contributed by atoms with Gasteiger partial charge < -0.3 is 5.32 Å². The number of nitrogens with zero attached hydrogens (tertiary/aromatic N) is 4. The summed E-state index contributed by atoms with van der Waals surface area (Å²) in [6, 6.07) is 9.50. The average Bonchev–Trinajstić information content (AvgIpc) is 3.07. The third kappa shape index (κ3) is 5.18. The Labute approximate surface area is 150 Å². The molecule has 3 rings (SSSR count). The van der Waals surface area contributed by atoms with E-state index in [9.17, 15) is 0 Å². The van der Waals surface area contributed by atoms with Crippen LogP contribution >= 0.6 is 24.8 Å². The summed E-state index contributed by atoms with van der Waals surface area (Å²) in [7, 11) is 0. The van der Waals surface area contributed by atoms with Crippen LogP contribution in [-0.2, 0) is 13.0 Å². The number of benzene rings is 1. The largest absolute Gasteiger partial charge is 0.314 e. The van der Waals surface area contributed by atoms with Crippen LogP contribution < -0.4 is 5.32 Å². The molecule has 1 aliphatic rings. The van der Waals surface area contributed by atoms with Gasteiger partial charge in [-0.05, 0) is 17.5 Å². The maximum Gasteiger partial charge on any atom is 0.137 e. The predicted octanol–water partition coefficient (Wildman–Crippen LogP) is 2.33. The van der Waals surface area contributed by atoms with Crippen molar-refractivity contribution in [3.63, 3.8) is 0 Å². The lowest BCUT2D eigenvalue weighted by Crippen LogP contribution is -2.47. The zero-order valence-electron chi connectivity index (χ0n) is 13.4. The van der Waals surface area contributed by atoms with E-state index in [0.29, 0.717) is 6.04 Å². The minimum Gasteiger partial charge on any atom is -0.314 e. The lowest BCUT2D eigenvalue weighted by molar-refractivity contribution is 0.154. The molecule has 1 fully saturated rings. The first-order chi connectivity index (χ1) is 10.4. The van der Waals surface area contributed by atoms with Gasteiger partial charge in [0.05, 0.1) is 6.54 Å². The highest BCUT2D eigenvalue weighted by Gasteiger charge is 2.23. The van der Waals surface area contributed by atoms with Gasteiger partial charge in [0, 0.05) is 32.2 Å². The van der Waals surface area contributed by atoms with Gasteiger partial charge in [0.2, 0.25) is 0 Å². The maximum absolute atomic E-state index is 4.18. The van der Waals surface area contributed by atoms with Gasteiger partial charge >= 0.3 is 0 Å². The van der Waals surface area contributed by atoms with E-state index >= 15 is 0 Å². The number of hydrogen-bond acceptors (Lipinski definition) is 4. The number of piperazine rings is 1. The summed E-state index contributed by atoms with van der Waals surface area (Å²) in [5.41, 5.74) is 2.80. The van der Waals surface area contributed by atoms with Crippen LogP contribution in [0.4, 0.5) is 0 Å². The molecule has 7 heteroatoms. The molecular weight excluding hydrogens is 333 g/mol. The second-order valence-electron chi connectivity index (χ2n) is 5.51. The van der Waals surface area contributed by atoms with E-state index in [4.69, 9.17) is 0 Å². The van der Waals surface area contributed by atoms with Gasteiger partial charge in [-0.15, -0.1) is 24.8 Å². The molecule has 5 nitrogen and oxygen atoms in total. The fraction of sp³-hybridized carbons (Fsp3) is 0.500. The predicted molar refractivity (Wildman–Crippen MR) is 97.5 cm³/mol. The highest BCUT2D eigenvalue weighted by molar-refractivity contribution is 5.85. The highest BCUT2D eigenvalue weighted by Crippen LogP contribution is 2.22. The molecule has 0 aliphatic carbocycles. The standard InChI is InChI=1S/C16H23N5.2ClH/c1-2-14-3-5-15(6-4-14)16-11-17-7-8-20(16)9-10-21-13-18-12-19-21;;/h3-6,12-13,16-17H,2,7-11H2,1H3;2*1H. The molecule has 23 heavy (non-hydrogen) atoms. The molecule has 1 N–H and O–H groups in total. The number of halogens is 2. The first-order valence-corrected chi connectivity index (χ1v) is 7.73. The van der Waals surface area contributed by atoms with Crippen LogP contribution in [-0.4, -0.2) is 45.8 Å². The van der Waals surface area contributed by atoms with Gasteiger partial charge in [0.15, 0.2) is 0 Å². The second kappa shape index (κ2) is 9.88. The van der Waals surface area contributed by atoms with Crippen LogP contribution in [0.25, 0.3) is 0 Å². The van der Waals surface area contributed by atoms with Crippen LogP contribution in [0, 0.1) is 0 Å². The van der Waals surface area contributed by atoms with Crippen molar-refractivity contribution in [3.05, 3.63) is 48.0 Å². The van der Waals surface area contributed by atoms with Crippen molar-refractivity contribution in [2.45, 2.75) is 25.9 Å². The Morgan fingerprint density at radius 2 is 1.96 bits per heavy atom. The van der Waals surface area contributed by atoms with Gasteiger partial charge in [-0.25, -0.2) is 4.98 Å². The number of aromatic nitrogens is 3. The number of aryl methyl sites for hydroxylation is 1. The molecule has 2 aromatic rings. The molecule has 1 aliphatic heterocycles. The molecule has 1 atom stereocenters. The van der Waals surface area contributed by atoms with Crippen molar-refractivity contribution in [2.75, 3.05) is 26.2 Å². The van der Waals surface area contributed by atoms with E-state index in [1.54, 1.807) is 12.7 Å². The van der Waals surface area contributed by atoms with Crippen LogP contribution in [0.1, 0.15) is 24.1 Å². The van der Waals surface area contributed by atoms with Gasteiger partial charge in [0.25, 0.3) is 0 Å². The first kappa shape index (κ1) is 19.9. The summed E-state index contributed by atoms with van der Waals surface area (Å²) >= 11 is 0. The Bertz CT molecular complexity index is 544. The molecule has 128 valence electrons. The first-order valence-electron chi connectivity index (χ1n) is 7.73. The summed E-state index contributed by atoms with van der Waals surface area (Å²) in [6.45, 7) is 7.25. The Morgan fingerprint density at radius 1 is 1.17 bits per heavy atom. The molecule has 2 heterocycles. The summed E-state index contributed by atoms with van der Waals surface area (Å²) < 4.78 is 1.90. The lowest BCUT2D eigenvalue weighted by atomic mass is 10.0. The third-order valence-corrected chi connectivity index (χ3v) is 4.21. The topological polar surface area (TPSA) is 46.0 Å². The molecule has 1 aromatic carbocycles. The minimum atomic E-state index is 0. The third-order valence-electron chi connectivity index (χ3n) is 4.21. The molecule has 0 amide bonds. The number of hydrogen-bond donors (Lipinski definition) is 1. The molecule has 1 aromatic heterocycles. The van der Waals surface area contributed by atoms with E-state index in [2.05, 4.69) is 51.5 Å². The monoisotopic (exact) mass is 357 g/mol. The summed E-state index contributed by atoms with van der Waals surface area (Å²) in [6.07, 6.45) is 4.48. The Kier molecular flexibility index (Phi) is 8.55. The average molecular weight is 358 g/mol. The summed E-state index contributed by atoms with van der Waals surface area (Å²) in [5, 5.41) is 7.69. The Balaban J connectivity index is 0.00000132. The van der Waals surface area contributed by atoms with Crippen LogP contribution in [0.2, 0.25) is 0 Å². The van der Waals surface area contributed by atoms with Crippen molar-refractivity contribution >= 4 is 24.8 Å². The van der Waals surface area contributed by atoms with E-state index in [0.717, 1.165) is 39.1 Å². The fourth-order valence-electron chi connectivity index (χ4n) is 2.90. The highest BCUT2D eigenvalue weighted by atomic mass is 35.5. The molecule has 1 saturated heterocycles. The number of nitrogens with one attached hydrogen (secondary N) is 1. The van der Waals surface area contributed by atoms with Crippen LogP contribution in [0.15, 0.2) is 36.9 Å². The van der Waals surface area contributed by atoms with Crippen LogP contribution in [0.5, 0.6) is 0 Å². The zero-order valence-corrected chi connectivity index (χ0v) is 15.0. The SMILES string of the molecule is CCc1ccc(C2CNCCN2CCn2cncn2)cc1.Cl.Cl. The van der Waals surface area contributed by atoms with Gasteiger partial charge in [-0.2, -0.15) is 5.10 Å². The van der Waals surface area contributed by atoms with Crippen LogP contribution in [0.3, 0.4) is 0 Å². The van der Waals surface area contributed by atoms with Gasteiger partial charge in [-0.3, -0.25) is 9.58 Å². The smallest absolute Gasteiger partial charge is 0.137 e. The summed E-state index contributed by atoms with van der Waals surface area (Å²) in [5.74, 6) is 0. The molecule has 1 unspecified atom stereocenters. The molecular formula is C16H25Cl2N5. The molecule has 0 bridgehead atoms. The Morgan fingerprint density at radius 3 is 2.61 bits per heavy atom. The van der Waals surface area contributed by atoms with E-state index in [-0.39, 0.29) is 24.8 Å². The van der Waals surface area contributed by atoms with Gasteiger partial charge in [-0.1, -0.05) is 31.2 Å². The summed E-state index contributed by atoms with van der Waals surface area (Å²) in [4.78, 5) is 6.54. The van der Waals surface area contributed by atoms with Crippen molar-refractivity contribution in [3.8, 4) is 0 Å². The fourth-order valence-corrected chi connectivity index (χ4v) is 2.90. The normalized spacial score (nSPS) is 18.0. The van der Waals surface area contributed by atoms with Crippen molar-refractivity contribution < 1.29 is 0 Å². The lowest BCUT2D eigenvalue weighted by Gasteiger charge is -2.36. The Hall–Kier alpha value is -1.14. The van der Waals surface area contributed by atoms with Gasteiger partial charge in [0.1, 0.15) is 12.7 Å². The second-order valence-corrected chi connectivity index (χ2v) is 5.51. The van der Waals surface area contributed by atoms with E-state index in [1.165, 1.54) is 11.1 Å².